The summed E-state index contributed by atoms with van der Waals surface area (Å²) in [5.74, 6) is 0. The van der Waals surface area contributed by atoms with Crippen LogP contribution in [0.5, 0.6) is 0 Å². The van der Waals surface area contributed by atoms with Crippen molar-refractivity contribution < 1.29 is 53.1 Å². The second-order valence-electron chi connectivity index (χ2n) is 10.1. The number of hydrogen-bond donors (Lipinski definition) is 0. The van der Waals surface area contributed by atoms with Gasteiger partial charge in [-0.2, -0.15) is 0 Å². The molecule has 0 aromatic rings. The predicted molar refractivity (Wildman–Crippen MR) is 166 cm³/mol. The molecule has 0 fully saturated rings. The van der Waals surface area contributed by atoms with Crippen LogP contribution in [0.2, 0.25) is 24.2 Å². The molecule has 0 bridgehead atoms. The lowest BCUT2D eigenvalue weighted by Crippen LogP contribution is -2.44. The minimum atomic E-state index is -2.71. The molecule has 0 saturated heterocycles. The zero-order valence-electron chi connectivity index (χ0n) is 27.9. The molecule has 16 heteroatoms. The van der Waals surface area contributed by atoms with E-state index in [2.05, 4.69) is 0 Å². The fourth-order valence-corrected chi connectivity index (χ4v) is 12.6. The van der Waals surface area contributed by atoms with Crippen molar-refractivity contribution in [3.8, 4) is 0 Å². The summed E-state index contributed by atoms with van der Waals surface area (Å²) in [6.45, 7) is 0. The van der Waals surface area contributed by atoms with E-state index >= 15 is 0 Å². The summed E-state index contributed by atoms with van der Waals surface area (Å²) in [4.78, 5) is 0. The molecule has 248 valence electrons. The minimum absolute atomic E-state index is 0.0184. The van der Waals surface area contributed by atoms with Gasteiger partial charge in [0.25, 0.3) is 0 Å². The summed E-state index contributed by atoms with van der Waals surface area (Å²) in [6.07, 6.45) is 7.42. The van der Waals surface area contributed by atoms with E-state index in [1.165, 1.54) is 0 Å². The Labute approximate surface area is 254 Å². The summed E-state index contributed by atoms with van der Waals surface area (Å²) >= 11 is 0. The van der Waals surface area contributed by atoms with E-state index in [0.29, 0.717) is 0 Å². The molecule has 0 amide bonds. The van der Waals surface area contributed by atoms with E-state index in [-0.39, 0.29) is 5.41 Å². The standard InChI is InChI=1S/C25H60O12Si4/c1-26-38(27-2,28-3)21-13-17-25(18-14-22-39(29-4,30-5)31-6,19-15-23-40(32-7,33-8)34-9)20-16-24-41(35-10,36-11)37-12/h13-24H2,1-12H3. The fraction of sp³-hybridized carbons (Fsp3) is 1.00. The molecule has 0 unspecified atom stereocenters. The molecule has 0 saturated carbocycles. The highest BCUT2D eigenvalue weighted by atomic mass is 28.4. The van der Waals surface area contributed by atoms with Gasteiger partial charge in [0.15, 0.2) is 0 Å². The summed E-state index contributed by atoms with van der Waals surface area (Å²) in [6, 6.07) is 2.91. The van der Waals surface area contributed by atoms with Crippen LogP contribution in [0.25, 0.3) is 0 Å². The predicted octanol–water partition coefficient (Wildman–Crippen LogP) is 4.61. The van der Waals surface area contributed by atoms with Crippen LogP contribution in [0.3, 0.4) is 0 Å². The first-order chi connectivity index (χ1) is 19.6. The lowest BCUT2D eigenvalue weighted by atomic mass is 9.72. The Hall–Kier alpha value is 0.388. The molecule has 0 rings (SSSR count). The SMILES string of the molecule is CO[Si](CCCC(CCC[Si](OC)(OC)OC)(CCC[Si](OC)(OC)OC)CCC[Si](OC)(OC)OC)(OC)OC. The van der Waals surface area contributed by atoms with E-state index < -0.39 is 35.2 Å². The molecular weight excluding hydrogens is 605 g/mol. The van der Waals surface area contributed by atoms with Crippen LogP contribution in [-0.2, 0) is 53.1 Å². The van der Waals surface area contributed by atoms with E-state index in [9.17, 15) is 0 Å². The highest BCUT2D eigenvalue weighted by Crippen LogP contribution is 2.44. The Bertz CT molecular complexity index is 506. The van der Waals surface area contributed by atoms with Gasteiger partial charge in [0.1, 0.15) is 0 Å². The van der Waals surface area contributed by atoms with Gasteiger partial charge in [-0.1, -0.05) is 0 Å². The average molecular weight is 665 g/mol. The molecule has 0 spiro atoms. The Morgan fingerprint density at radius 3 is 0.561 bits per heavy atom. The first kappa shape index (κ1) is 41.4. The van der Waals surface area contributed by atoms with Crippen molar-refractivity contribution in [2.24, 2.45) is 5.41 Å². The summed E-state index contributed by atoms with van der Waals surface area (Å²) in [5, 5.41) is 0. The minimum Gasteiger partial charge on any atom is -0.377 e. The highest BCUT2D eigenvalue weighted by Gasteiger charge is 2.43. The van der Waals surface area contributed by atoms with Crippen molar-refractivity contribution in [3.05, 3.63) is 0 Å². The molecule has 0 aliphatic rings. The lowest BCUT2D eigenvalue weighted by Gasteiger charge is -2.37. The van der Waals surface area contributed by atoms with Crippen molar-refractivity contribution in [2.75, 3.05) is 85.3 Å². The molecular formula is C25H60O12Si4. The molecule has 0 heterocycles. The zero-order chi connectivity index (χ0) is 31.5. The third kappa shape index (κ3) is 12.7. The fourth-order valence-electron chi connectivity index (χ4n) is 5.69. The van der Waals surface area contributed by atoms with Crippen molar-refractivity contribution in [1.82, 2.24) is 0 Å². The summed E-state index contributed by atoms with van der Waals surface area (Å²) in [5.41, 5.74) is -0.0184. The number of hydrogen-bond acceptors (Lipinski definition) is 12. The van der Waals surface area contributed by atoms with Gasteiger partial charge in [-0.3, -0.25) is 0 Å². The highest BCUT2D eigenvalue weighted by molar-refractivity contribution is 6.61. The molecule has 0 aromatic carbocycles. The van der Waals surface area contributed by atoms with E-state index in [0.717, 1.165) is 75.5 Å². The molecule has 0 N–H and O–H groups in total. The van der Waals surface area contributed by atoms with Crippen molar-refractivity contribution >= 4 is 35.2 Å². The van der Waals surface area contributed by atoms with Gasteiger partial charge in [0, 0.05) is 109 Å². The van der Waals surface area contributed by atoms with Gasteiger partial charge in [0.05, 0.1) is 0 Å². The van der Waals surface area contributed by atoms with Gasteiger partial charge >= 0.3 is 35.2 Å². The quantitative estimate of drug-likeness (QED) is 0.109. The van der Waals surface area contributed by atoms with E-state index in [1.54, 1.807) is 85.3 Å². The molecule has 0 atom stereocenters. The van der Waals surface area contributed by atoms with Crippen LogP contribution >= 0.6 is 0 Å². The second kappa shape index (κ2) is 21.2. The first-order valence-electron chi connectivity index (χ1n) is 14.2. The van der Waals surface area contributed by atoms with Crippen LogP contribution in [0.1, 0.15) is 51.4 Å². The second-order valence-corrected chi connectivity index (χ2v) is 22.5. The van der Waals surface area contributed by atoms with E-state index in [1.807, 2.05) is 0 Å². The van der Waals surface area contributed by atoms with Crippen LogP contribution in [0.4, 0.5) is 0 Å². The molecule has 0 aliphatic carbocycles. The van der Waals surface area contributed by atoms with Gasteiger partial charge in [-0.15, -0.1) is 0 Å². The van der Waals surface area contributed by atoms with Gasteiger partial charge < -0.3 is 53.1 Å². The molecule has 0 aliphatic heterocycles. The number of rotatable bonds is 28. The molecule has 41 heavy (non-hydrogen) atoms. The maximum absolute atomic E-state index is 5.72. The Morgan fingerprint density at radius 1 is 0.293 bits per heavy atom. The van der Waals surface area contributed by atoms with Crippen LogP contribution < -0.4 is 0 Å². The van der Waals surface area contributed by atoms with Gasteiger partial charge in [-0.05, 0) is 56.8 Å². The average Bonchev–Trinajstić information content (AvgIpc) is 3.03. The van der Waals surface area contributed by atoms with Crippen LogP contribution in [-0.4, -0.2) is 121 Å². The molecule has 12 nitrogen and oxygen atoms in total. The topological polar surface area (TPSA) is 111 Å². The summed E-state index contributed by atoms with van der Waals surface area (Å²) in [7, 11) is 9.05. The van der Waals surface area contributed by atoms with Crippen molar-refractivity contribution in [3.63, 3.8) is 0 Å². The zero-order valence-corrected chi connectivity index (χ0v) is 31.9. The third-order valence-corrected chi connectivity index (χ3v) is 19.8. The lowest BCUT2D eigenvalue weighted by molar-refractivity contribution is 0.108. The van der Waals surface area contributed by atoms with Crippen LogP contribution in [0.15, 0.2) is 0 Å². The Balaban J connectivity index is 6.15. The summed E-state index contributed by atoms with van der Waals surface area (Å²) < 4.78 is 68.7. The monoisotopic (exact) mass is 664 g/mol. The molecule has 0 radical (unpaired) electrons. The maximum Gasteiger partial charge on any atom is 0.500 e. The smallest absolute Gasteiger partial charge is 0.377 e. The Kier molecular flexibility index (Phi) is 21.4. The largest absolute Gasteiger partial charge is 0.500 e. The van der Waals surface area contributed by atoms with Crippen LogP contribution in [0, 0.1) is 5.41 Å². The van der Waals surface area contributed by atoms with Gasteiger partial charge in [0.2, 0.25) is 0 Å². The van der Waals surface area contributed by atoms with Crippen molar-refractivity contribution in [1.29, 1.82) is 0 Å². The Morgan fingerprint density at radius 2 is 0.439 bits per heavy atom. The normalized spacial score (nSPS) is 13.8. The van der Waals surface area contributed by atoms with Crippen molar-refractivity contribution in [2.45, 2.75) is 75.5 Å². The molecule has 0 aromatic heterocycles. The first-order valence-corrected chi connectivity index (χ1v) is 21.9. The third-order valence-electron chi connectivity index (χ3n) is 8.49. The van der Waals surface area contributed by atoms with E-state index in [4.69, 9.17) is 53.1 Å². The van der Waals surface area contributed by atoms with Gasteiger partial charge in [-0.25, -0.2) is 0 Å². The maximum atomic E-state index is 5.72.